The molecule has 0 saturated heterocycles. The smallest absolute Gasteiger partial charge is 0.121 e. The lowest BCUT2D eigenvalue weighted by Gasteiger charge is -2.31. The van der Waals surface area contributed by atoms with E-state index in [1.807, 2.05) is 24.3 Å². The van der Waals surface area contributed by atoms with Gasteiger partial charge in [0.05, 0.1) is 12.7 Å². The topological polar surface area (TPSA) is 44.5 Å². The molecule has 1 aliphatic rings. The third-order valence-corrected chi connectivity index (χ3v) is 4.11. The monoisotopic (exact) mass is 263 g/mol. The van der Waals surface area contributed by atoms with E-state index in [1.165, 1.54) is 19.3 Å². The zero-order chi connectivity index (χ0) is 13.7. The molecule has 1 fully saturated rings. The molecular weight excluding hydrogens is 238 g/mol. The van der Waals surface area contributed by atoms with Crippen molar-refractivity contribution in [2.24, 2.45) is 11.8 Å². The van der Waals surface area contributed by atoms with Gasteiger partial charge in [0.1, 0.15) is 12.4 Å². The molecule has 0 aromatic heterocycles. The van der Waals surface area contributed by atoms with E-state index in [0.717, 1.165) is 23.3 Å². The first kappa shape index (κ1) is 14.2. The highest BCUT2D eigenvalue weighted by Gasteiger charge is 2.24. The van der Waals surface area contributed by atoms with Crippen molar-refractivity contribution in [2.75, 3.05) is 18.9 Å². The molecule has 0 amide bonds. The summed E-state index contributed by atoms with van der Waals surface area (Å²) in [6.07, 6.45) is 4.06. The van der Waals surface area contributed by atoms with Gasteiger partial charge in [0, 0.05) is 11.8 Å². The zero-order valence-electron chi connectivity index (χ0n) is 12.0. The quantitative estimate of drug-likeness (QED) is 0.653. The molecule has 1 aliphatic carbocycles. The first-order chi connectivity index (χ1) is 9.15. The molecule has 2 rings (SSSR count). The number of nitrogen functional groups attached to an aromatic ring is 1. The van der Waals surface area contributed by atoms with Crippen molar-refractivity contribution in [1.29, 1.82) is 0 Å². The lowest BCUT2D eigenvalue weighted by molar-refractivity contribution is -0.00908. The summed E-state index contributed by atoms with van der Waals surface area (Å²) in [5, 5.41) is 0. The highest BCUT2D eigenvalue weighted by atomic mass is 16.5. The first-order valence-corrected chi connectivity index (χ1v) is 7.25. The predicted molar refractivity (Wildman–Crippen MR) is 78.3 cm³/mol. The molecule has 1 aromatic carbocycles. The summed E-state index contributed by atoms with van der Waals surface area (Å²) >= 11 is 0. The average molecular weight is 263 g/mol. The molecule has 1 aromatic rings. The van der Waals surface area contributed by atoms with Crippen LogP contribution in [0.2, 0.25) is 0 Å². The van der Waals surface area contributed by atoms with Crippen LogP contribution in [-0.2, 0) is 4.74 Å². The largest absolute Gasteiger partial charge is 0.491 e. The molecule has 1 saturated carbocycles. The molecule has 0 aliphatic heterocycles. The maximum absolute atomic E-state index is 5.90. The Morgan fingerprint density at radius 1 is 1.16 bits per heavy atom. The number of nitrogens with two attached hydrogens (primary N) is 1. The molecule has 0 radical (unpaired) electrons. The van der Waals surface area contributed by atoms with Crippen molar-refractivity contribution in [1.82, 2.24) is 0 Å². The van der Waals surface area contributed by atoms with Gasteiger partial charge in [-0.05, 0) is 43.2 Å². The van der Waals surface area contributed by atoms with Crippen LogP contribution in [-0.4, -0.2) is 19.3 Å². The van der Waals surface area contributed by atoms with Crippen LogP contribution < -0.4 is 10.5 Å². The van der Waals surface area contributed by atoms with Gasteiger partial charge in [0.15, 0.2) is 0 Å². The number of benzene rings is 1. The summed E-state index contributed by atoms with van der Waals surface area (Å²) in [4.78, 5) is 0. The summed E-state index contributed by atoms with van der Waals surface area (Å²) < 4.78 is 11.5. The van der Waals surface area contributed by atoms with Crippen molar-refractivity contribution in [3.05, 3.63) is 24.3 Å². The maximum atomic E-state index is 5.90. The fourth-order valence-corrected chi connectivity index (χ4v) is 2.63. The molecule has 0 bridgehead atoms. The Labute approximate surface area is 116 Å². The van der Waals surface area contributed by atoms with Crippen LogP contribution in [0.3, 0.4) is 0 Å². The van der Waals surface area contributed by atoms with Gasteiger partial charge in [-0.2, -0.15) is 0 Å². The van der Waals surface area contributed by atoms with Crippen molar-refractivity contribution in [2.45, 2.75) is 39.2 Å². The van der Waals surface area contributed by atoms with Gasteiger partial charge in [-0.3, -0.25) is 0 Å². The van der Waals surface area contributed by atoms with E-state index in [9.17, 15) is 0 Å². The lowest BCUT2D eigenvalue weighted by Crippen LogP contribution is -2.28. The third-order valence-electron chi connectivity index (χ3n) is 4.11. The lowest BCUT2D eigenvalue weighted by atomic mass is 9.80. The first-order valence-electron chi connectivity index (χ1n) is 7.25. The Morgan fingerprint density at radius 3 is 2.74 bits per heavy atom. The molecule has 0 spiro atoms. The van der Waals surface area contributed by atoms with Gasteiger partial charge in [0.25, 0.3) is 0 Å². The fraction of sp³-hybridized carbons (Fsp3) is 0.625. The SMILES string of the molecule is CC1CCC(OCCOc2cccc(N)c2)CC1C. The normalized spacial score (nSPS) is 27.2. The minimum Gasteiger partial charge on any atom is -0.491 e. The highest BCUT2D eigenvalue weighted by Crippen LogP contribution is 2.30. The summed E-state index contributed by atoms with van der Waals surface area (Å²) in [5.74, 6) is 2.42. The van der Waals surface area contributed by atoms with E-state index in [1.54, 1.807) is 0 Å². The molecule has 2 N–H and O–H groups in total. The van der Waals surface area contributed by atoms with Crippen LogP contribution in [0, 0.1) is 11.8 Å². The van der Waals surface area contributed by atoms with Crippen LogP contribution in [0.15, 0.2) is 24.3 Å². The van der Waals surface area contributed by atoms with E-state index < -0.39 is 0 Å². The van der Waals surface area contributed by atoms with Crippen molar-refractivity contribution in [3.63, 3.8) is 0 Å². The van der Waals surface area contributed by atoms with Gasteiger partial charge in [0.2, 0.25) is 0 Å². The summed E-state index contributed by atoms with van der Waals surface area (Å²) in [6.45, 7) is 5.90. The molecule has 3 heteroatoms. The molecule has 19 heavy (non-hydrogen) atoms. The Bertz CT molecular complexity index is 394. The van der Waals surface area contributed by atoms with Crippen LogP contribution in [0.5, 0.6) is 5.75 Å². The minimum atomic E-state index is 0.413. The predicted octanol–water partition coefficient (Wildman–Crippen LogP) is 3.49. The second kappa shape index (κ2) is 6.80. The second-order valence-corrected chi connectivity index (χ2v) is 5.68. The molecule has 3 nitrogen and oxygen atoms in total. The molecule has 3 atom stereocenters. The third kappa shape index (κ3) is 4.43. The second-order valence-electron chi connectivity index (χ2n) is 5.68. The molecule has 3 unspecified atom stereocenters. The van der Waals surface area contributed by atoms with E-state index in [0.29, 0.717) is 19.3 Å². The van der Waals surface area contributed by atoms with Gasteiger partial charge in [-0.25, -0.2) is 0 Å². The minimum absolute atomic E-state index is 0.413. The van der Waals surface area contributed by atoms with Gasteiger partial charge in [-0.15, -0.1) is 0 Å². The Hall–Kier alpha value is -1.22. The van der Waals surface area contributed by atoms with Crippen molar-refractivity contribution >= 4 is 5.69 Å². The maximum Gasteiger partial charge on any atom is 0.121 e. The Balaban J connectivity index is 1.64. The standard InChI is InChI=1S/C16H25NO2/c1-12-6-7-16(10-13(12)2)19-9-8-18-15-5-3-4-14(17)11-15/h3-5,11-13,16H,6-10,17H2,1-2H3. The van der Waals surface area contributed by atoms with E-state index in [-0.39, 0.29) is 0 Å². The summed E-state index contributed by atoms with van der Waals surface area (Å²) in [5.41, 5.74) is 6.43. The van der Waals surface area contributed by atoms with E-state index in [4.69, 9.17) is 15.2 Å². The number of hydrogen-bond donors (Lipinski definition) is 1. The summed E-state index contributed by atoms with van der Waals surface area (Å²) in [7, 11) is 0. The number of rotatable bonds is 5. The van der Waals surface area contributed by atoms with Crippen LogP contribution >= 0.6 is 0 Å². The van der Waals surface area contributed by atoms with Crippen LogP contribution in [0.4, 0.5) is 5.69 Å². The van der Waals surface area contributed by atoms with Gasteiger partial charge in [-0.1, -0.05) is 19.9 Å². The van der Waals surface area contributed by atoms with Crippen molar-refractivity contribution in [3.8, 4) is 5.75 Å². The Kier molecular flexibility index (Phi) is 5.08. The van der Waals surface area contributed by atoms with E-state index in [2.05, 4.69) is 13.8 Å². The molecular formula is C16H25NO2. The van der Waals surface area contributed by atoms with Gasteiger partial charge < -0.3 is 15.2 Å². The summed E-state index contributed by atoms with van der Waals surface area (Å²) in [6, 6.07) is 7.51. The Morgan fingerprint density at radius 2 is 2.00 bits per heavy atom. The van der Waals surface area contributed by atoms with Gasteiger partial charge >= 0.3 is 0 Å². The highest BCUT2D eigenvalue weighted by molar-refractivity contribution is 5.43. The average Bonchev–Trinajstić information content (AvgIpc) is 2.39. The van der Waals surface area contributed by atoms with E-state index >= 15 is 0 Å². The van der Waals surface area contributed by atoms with Crippen LogP contribution in [0.25, 0.3) is 0 Å². The fourth-order valence-electron chi connectivity index (χ4n) is 2.63. The molecule has 0 heterocycles. The van der Waals surface area contributed by atoms with Crippen molar-refractivity contribution < 1.29 is 9.47 Å². The number of anilines is 1. The van der Waals surface area contributed by atoms with Crippen LogP contribution in [0.1, 0.15) is 33.1 Å². The molecule has 106 valence electrons. The zero-order valence-corrected chi connectivity index (χ0v) is 12.0. The number of hydrogen-bond acceptors (Lipinski definition) is 3. The number of ether oxygens (including phenoxy) is 2.